The fraction of sp³-hybridized carbons (Fsp3) is 0.700. The molecule has 1 rings (SSSR count). The lowest BCUT2D eigenvalue weighted by Crippen LogP contribution is -2.30. The minimum atomic E-state index is -0.0326. The van der Waals surface area contributed by atoms with Crippen LogP contribution in [0.25, 0.3) is 0 Å². The summed E-state index contributed by atoms with van der Waals surface area (Å²) in [4.78, 5) is 13.6. The standard InChI is InChI=1S/C10H18N4OS/c1-4-5-6-14(3)7-9(15)11-10-13-12-8(2)16-10/h4-7H2,1-3H3,(H,11,13,15). The lowest BCUT2D eigenvalue weighted by atomic mass is 10.3. The Morgan fingerprint density at radius 2 is 2.25 bits per heavy atom. The molecule has 1 amide bonds. The van der Waals surface area contributed by atoms with Gasteiger partial charge in [0.1, 0.15) is 5.01 Å². The normalized spacial score (nSPS) is 10.8. The van der Waals surface area contributed by atoms with Gasteiger partial charge in [-0.3, -0.25) is 15.0 Å². The highest BCUT2D eigenvalue weighted by Crippen LogP contribution is 2.13. The van der Waals surface area contributed by atoms with E-state index in [-0.39, 0.29) is 5.91 Å². The Balaban J connectivity index is 2.30. The van der Waals surface area contributed by atoms with E-state index >= 15 is 0 Å². The second kappa shape index (κ2) is 6.55. The Hall–Kier alpha value is -1.01. The number of likely N-dealkylation sites (N-methyl/N-ethyl adjacent to an activating group) is 1. The molecule has 0 fully saturated rings. The first-order chi connectivity index (χ1) is 7.61. The van der Waals surface area contributed by atoms with Crippen LogP contribution in [0.1, 0.15) is 24.8 Å². The van der Waals surface area contributed by atoms with Gasteiger partial charge in [-0.15, -0.1) is 10.2 Å². The molecule has 0 aliphatic heterocycles. The van der Waals surface area contributed by atoms with E-state index < -0.39 is 0 Å². The maximum atomic E-state index is 11.6. The number of rotatable bonds is 6. The van der Waals surface area contributed by atoms with E-state index in [2.05, 4.69) is 22.4 Å². The SMILES string of the molecule is CCCCN(C)CC(=O)Nc1nnc(C)s1. The molecule has 0 unspecified atom stereocenters. The van der Waals surface area contributed by atoms with Gasteiger partial charge in [0.25, 0.3) is 0 Å². The summed E-state index contributed by atoms with van der Waals surface area (Å²) in [6, 6.07) is 0. The highest BCUT2D eigenvalue weighted by molar-refractivity contribution is 7.15. The van der Waals surface area contributed by atoms with Crippen molar-refractivity contribution in [1.29, 1.82) is 0 Å². The molecular formula is C10H18N4OS. The van der Waals surface area contributed by atoms with Crippen molar-refractivity contribution in [3.8, 4) is 0 Å². The molecule has 1 heterocycles. The van der Waals surface area contributed by atoms with Crippen LogP contribution < -0.4 is 5.32 Å². The van der Waals surface area contributed by atoms with Crippen molar-refractivity contribution in [3.05, 3.63) is 5.01 Å². The topological polar surface area (TPSA) is 58.1 Å². The third kappa shape index (κ3) is 4.67. The Morgan fingerprint density at radius 3 is 2.81 bits per heavy atom. The highest BCUT2D eigenvalue weighted by Gasteiger charge is 2.08. The average molecular weight is 242 g/mol. The number of carbonyl (C=O) groups is 1. The second-order valence-electron chi connectivity index (χ2n) is 3.77. The molecule has 5 nitrogen and oxygen atoms in total. The number of nitrogens with one attached hydrogen (secondary N) is 1. The summed E-state index contributed by atoms with van der Waals surface area (Å²) in [5.74, 6) is -0.0326. The zero-order chi connectivity index (χ0) is 12.0. The van der Waals surface area contributed by atoms with E-state index in [1.807, 2.05) is 18.9 Å². The summed E-state index contributed by atoms with van der Waals surface area (Å²) in [5, 5.41) is 11.8. The molecule has 0 radical (unpaired) electrons. The van der Waals surface area contributed by atoms with Gasteiger partial charge in [0.2, 0.25) is 11.0 Å². The van der Waals surface area contributed by atoms with Crippen LogP contribution in [0.2, 0.25) is 0 Å². The van der Waals surface area contributed by atoms with E-state index in [4.69, 9.17) is 0 Å². The Morgan fingerprint density at radius 1 is 1.50 bits per heavy atom. The van der Waals surface area contributed by atoms with Crippen LogP contribution in [0, 0.1) is 6.92 Å². The molecule has 0 saturated heterocycles. The fourth-order valence-corrected chi connectivity index (χ4v) is 1.87. The van der Waals surface area contributed by atoms with E-state index in [0.717, 1.165) is 24.4 Å². The van der Waals surface area contributed by atoms with Crippen molar-refractivity contribution in [3.63, 3.8) is 0 Å². The predicted molar refractivity (Wildman–Crippen MR) is 65.7 cm³/mol. The van der Waals surface area contributed by atoms with Crippen LogP contribution in [-0.2, 0) is 4.79 Å². The molecule has 16 heavy (non-hydrogen) atoms. The van der Waals surface area contributed by atoms with Crippen LogP contribution in [0.15, 0.2) is 0 Å². The van der Waals surface area contributed by atoms with Crippen molar-refractivity contribution in [2.75, 3.05) is 25.5 Å². The number of aryl methyl sites for hydroxylation is 1. The molecule has 1 N–H and O–H groups in total. The van der Waals surface area contributed by atoms with Gasteiger partial charge in [0.05, 0.1) is 6.54 Å². The first-order valence-electron chi connectivity index (χ1n) is 5.40. The zero-order valence-corrected chi connectivity index (χ0v) is 10.8. The van der Waals surface area contributed by atoms with Crippen molar-refractivity contribution in [2.45, 2.75) is 26.7 Å². The van der Waals surface area contributed by atoms with Crippen LogP contribution in [0.5, 0.6) is 0 Å². The molecule has 1 aromatic rings. The zero-order valence-electron chi connectivity index (χ0n) is 9.99. The molecular weight excluding hydrogens is 224 g/mol. The van der Waals surface area contributed by atoms with Crippen LogP contribution in [0.4, 0.5) is 5.13 Å². The van der Waals surface area contributed by atoms with Crippen molar-refractivity contribution in [2.24, 2.45) is 0 Å². The fourth-order valence-electron chi connectivity index (χ4n) is 1.26. The molecule has 0 spiro atoms. The summed E-state index contributed by atoms with van der Waals surface area (Å²) in [6.07, 6.45) is 2.25. The van der Waals surface area contributed by atoms with Gasteiger partial charge >= 0.3 is 0 Å². The van der Waals surface area contributed by atoms with Crippen molar-refractivity contribution < 1.29 is 4.79 Å². The number of nitrogens with zero attached hydrogens (tertiary/aromatic N) is 3. The number of carbonyl (C=O) groups excluding carboxylic acids is 1. The monoisotopic (exact) mass is 242 g/mol. The van der Waals surface area contributed by atoms with Gasteiger partial charge in [0, 0.05) is 0 Å². The van der Waals surface area contributed by atoms with E-state index in [0.29, 0.717) is 11.7 Å². The molecule has 0 aromatic carbocycles. The lowest BCUT2D eigenvalue weighted by Gasteiger charge is -2.14. The number of unbranched alkanes of at least 4 members (excludes halogenated alkanes) is 1. The highest BCUT2D eigenvalue weighted by atomic mass is 32.1. The Labute approximate surface area is 99.9 Å². The third-order valence-electron chi connectivity index (χ3n) is 2.08. The molecule has 0 atom stereocenters. The molecule has 1 aromatic heterocycles. The quantitative estimate of drug-likeness (QED) is 0.821. The minimum absolute atomic E-state index is 0.0326. The molecule has 0 bridgehead atoms. The summed E-state index contributed by atoms with van der Waals surface area (Å²) in [7, 11) is 1.95. The third-order valence-corrected chi connectivity index (χ3v) is 2.83. The summed E-state index contributed by atoms with van der Waals surface area (Å²) in [6.45, 7) is 5.34. The van der Waals surface area contributed by atoms with Crippen molar-refractivity contribution >= 4 is 22.4 Å². The van der Waals surface area contributed by atoms with Gasteiger partial charge < -0.3 is 0 Å². The van der Waals surface area contributed by atoms with E-state index in [1.165, 1.54) is 11.3 Å². The van der Waals surface area contributed by atoms with E-state index in [1.54, 1.807) is 0 Å². The van der Waals surface area contributed by atoms with Crippen LogP contribution >= 0.6 is 11.3 Å². The molecule has 0 aliphatic carbocycles. The number of aromatic nitrogens is 2. The van der Waals surface area contributed by atoms with Gasteiger partial charge in [-0.1, -0.05) is 24.7 Å². The van der Waals surface area contributed by atoms with Gasteiger partial charge in [-0.2, -0.15) is 0 Å². The molecule has 90 valence electrons. The van der Waals surface area contributed by atoms with Gasteiger partial charge in [0.15, 0.2) is 0 Å². The maximum absolute atomic E-state index is 11.6. The number of hydrogen-bond acceptors (Lipinski definition) is 5. The van der Waals surface area contributed by atoms with Crippen LogP contribution in [-0.4, -0.2) is 41.1 Å². The number of hydrogen-bond donors (Lipinski definition) is 1. The Bertz CT molecular complexity index is 339. The Kier molecular flexibility index (Phi) is 5.34. The lowest BCUT2D eigenvalue weighted by molar-refractivity contribution is -0.117. The summed E-state index contributed by atoms with van der Waals surface area (Å²) < 4.78 is 0. The predicted octanol–water partition coefficient (Wildman–Crippen LogP) is 1.52. The van der Waals surface area contributed by atoms with Gasteiger partial charge in [-0.25, -0.2) is 0 Å². The van der Waals surface area contributed by atoms with Crippen molar-refractivity contribution in [1.82, 2.24) is 15.1 Å². The minimum Gasteiger partial charge on any atom is -0.299 e. The number of anilines is 1. The van der Waals surface area contributed by atoms with Crippen LogP contribution in [0.3, 0.4) is 0 Å². The summed E-state index contributed by atoms with van der Waals surface area (Å²) >= 11 is 1.39. The maximum Gasteiger partial charge on any atom is 0.240 e. The largest absolute Gasteiger partial charge is 0.299 e. The molecule has 0 aliphatic rings. The first kappa shape index (κ1) is 13.1. The molecule has 6 heteroatoms. The molecule has 0 saturated carbocycles. The smallest absolute Gasteiger partial charge is 0.240 e. The van der Waals surface area contributed by atoms with E-state index in [9.17, 15) is 4.79 Å². The first-order valence-corrected chi connectivity index (χ1v) is 6.22. The summed E-state index contributed by atoms with van der Waals surface area (Å²) in [5.41, 5.74) is 0. The second-order valence-corrected chi connectivity index (χ2v) is 4.95. The number of amides is 1. The average Bonchev–Trinajstić information content (AvgIpc) is 2.60. The van der Waals surface area contributed by atoms with Gasteiger partial charge in [-0.05, 0) is 26.9 Å².